The lowest BCUT2D eigenvalue weighted by Crippen LogP contribution is -2.47. The van der Waals surface area contributed by atoms with Gasteiger partial charge in [0.2, 0.25) is 0 Å². The summed E-state index contributed by atoms with van der Waals surface area (Å²) in [6.45, 7) is 6.45. The van der Waals surface area contributed by atoms with Gasteiger partial charge in [0.1, 0.15) is 5.82 Å². The van der Waals surface area contributed by atoms with Crippen LogP contribution in [0.2, 0.25) is 0 Å². The van der Waals surface area contributed by atoms with E-state index in [1.165, 1.54) is 0 Å². The van der Waals surface area contributed by atoms with Crippen molar-refractivity contribution in [2.75, 3.05) is 38.5 Å². The molecule has 0 unspecified atom stereocenters. The minimum absolute atomic E-state index is 0.0368. The number of nitrogens with zero attached hydrogens (tertiary/aromatic N) is 5. The number of imidazole rings is 1. The summed E-state index contributed by atoms with van der Waals surface area (Å²) in [5.41, 5.74) is 4.40. The maximum atomic E-state index is 12.3. The van der Waals surface area contributed by atoms with Gasteiger partial charge in [-0.05, 0) is 23.4 Å². The molecule has 2 aliphatic rings. The predicted molar refractivity (Wildman–Crippen MR) is 116 cm³/mol. The third kappa shape index (κ3) is 4.24. The maximum absolute atomic E-state index is 12.3. The molecule has 0 bridgehead atoms. The minimum atomic E-state index is 0.0368. The van der Waals surface area contributed by atoms with Gasteiger partial charge in [-0.2, -0.15) is 16.9 Å². The van der Waals surface area contributed by atoms with Gasteiger partial charge in [0.05, 0.1) is 29.8 Å². The molecule has 0 atom stereocenters. The van der Waals surface area contributed by atoms with Crippen molar-refractivity contribution in [1.82, 2.24) is 29.5 Å². The molecular weight excluding hydrogens is 384 g/mol. The molecule has 0 spiro atoms. The Balaban J connectivity index is 1.14. The summed E-state index contributed by atoms with van der Waals surface area (Å²) in [7, 11) is 0. The van der Waals surface area contributed by atoms with Crippen molar-refractivity contribution < 1.29 is 0 Å². The van der Waals surface area contributed by atoms with Gasteiger partial charge in [0, 0.05) is 51.0 Å². The second-order valence-corrected chi connectivity index (χ2v) is 8.90. The van der Waals surface area contributed by atoms with Crippen molar-refractivity contribution >= 4 is 22.8 Å². The molecule has 1 aromatic carbocycles. The van der Waals surface area contributed by atoms with E-state index >= 15 is 0 Å². The van der Waals surface area contributed by atoms with Gasteiger partial charge < -0.3 is 4.98 Å². The number of thioether (sulfide) groups is 1. The molecule has 1 N–H and O–H groups in total. The zero-order valence-corrected chi connectivity index (χ0v) is 17.3. The highest BCUT2D eigenvalue weighted by molar-refractivity contribution is 7.98. The number of nitrogens with one attached hydrogen (secondary N) is 1. The van der Waals surface area contributed by atoms with Gasteiger partial charge in [-0.1, -0.05) is 12.1 Å². The number of rotatable bonds is 5. The number of hydrogen-bond donors (Lipinski definition) is 1. The second-order valence-electron chi connectivity index (χ2n) is 7.80. The molecule has 0 saturated carbocycles. The molecule has 2 aromatic heterocycles. The largest absolute Gasteiger partial charge is 0.341 e. The van der Waals surface area contributed by atoms with Gasteiger partial charge in [-0.3, -0.25) is 14.6 Å². The Bertz CT molecular complexity index is 1020. The van der Waals surface area contributed by atoms with Crippen LogP contribution in [0.3, 0.4) is 0 Å². The van der Waals surface area contributed by atoms with Crippen molar-refractivity contribution in [3.8, 4) is 0 Å². The fourth-order valence-electron chi connectivity index (χ4n) is 4.11. The first-order valence-electron chi connectivity index (χ1n) is 10.3. The number of aryl methyl sites for hydroxylation is 1. The smallest absolute Gasteiger partial charge is 0.267 e. The van der Waals surface area contributed by atoms with Crippen LogP contribution >= 0.6 is 11.8 Å². The van der Waals surface area contributed by atoms with Crippen LogP contribution in [0.15, 0.2) is 35.1 Å². The van der Waals surface area contributed by atoms with E-state index in [1.54, 1.807) is 10.7 Å². The van der Waals surface area contributed by atoms with E-state index in [0.717, 1.165) is 85.3 Å². The molecule has 3 aromatic rings. The zero-order valence-electron chi connectivity index (χ0n) is 16.5. The number of piperazine rings is 1. The summed E-state index contributed by atoms with van der Waals surface area (Å²) in [5.74, 6) is 3.06. The molecule has 4 heterocycles. The summed E-state index contributed by atoms with van der Waals surface area (Å²) in [6, 6.07) is 9.96. The molecule has 5 rings (SSSR count). The summed E-state index contributed by atoms with van der Waals surface area (Å²) < 4.78 is 1.66. The predicted octanol–water partition coefficient (Wildman–Crippen LogP) is 1.73. The highest BCUT2D eigenvalue weighted by Crippen LogP contribution is 2.21. The van der Waals surface area contributed by atoms with Gasteiger partial charge in [0.25, 0.3) is 5.56 Å². The lowest BCUT2D eigenvalue weighted by molar-refractivity contribution is 0.121. The van der Waals surface area contributed by atoms with Crippen molar-refractivity contribution in [3.05, 3.63) is 57.8 Å². The second kappa shape index (κ2) is 8.30. The number of H-pyrrole nitrogens is 1. The van der Waals surface area contributed by atoms with Crippen LogP contribution in [0.25, 0.3) is 11.0 Å². The SMILES string of the molecule is O=c1cc2c(nn1CCN1CCN(Cc3nc4ccccc4[nH]3)CC1)CCSC2. The minimum Gasteiger partial charge on any atom is -0.341 e. The Morgan fingerprint density at radius 3 is 2.76 bits per heavy atom. The van der Waals surface area contributed by atoms with E-state index in [9.17, 15) is 4.79 Å². The van der Waals surface area contributed by atoms with Gasteiger partial charge in [0.15, 0.2) is 0 Å². The van der Waals surface area contributed by atoms with Crippen LogP contribution in [0.4, 0.5) is 0 Å². The Morgan fingerprint density at radius 2 is 1.90 bits per heavy atom. The van der Waals surface area contributed by atoms with E-state index in [2.05, 4.69) is 30.9 Å². The van der Waals surface area contributed by atoms with Gasteiger partial charge >= 0.3 is 0 Å². The average Bonchev–Trinajstić information content (AvgIpc) is 3.15. The number of aromatic amines is 1. The molecular formula is C21H26N6OS. The van der Waals surface area contributed by atoms with Gasteiger partial charge in [-0.15, -0.1) is 0 Å². The molecule has 0 amide bonds. The van der Waals surface area contributed by atoms with Crippen LogP contribution in [0.5, 0.6) is 0 Å². The van der Waals surface area contributed by atoms with Crippen molar-refractivity contribution in [3.63, 3.8) is 0 Å². The first kappa shape index (κ1) is 18.8. The summed E-state index contributed by atoms with van der Waals surface area (Å²) in [4.78, 5) is 25.3. The Hall–Kier alpha value is -2.16. The maximum Gasteiger partial charge on any atom is 0.267 e. The standard InChI is InChI=1S/C21H26N6OS/c28-21-13-16-15-29-12-5-17(16)24-27(21)11-10-25-6-8-26(9-7-25)14-20-22-18-3-1-2-4-19(18)23-20/h1-4,13H,5-12,14-15H2,(H,22,23). The topological polar surface area (TPSA) is 70.1 Å². The van der Waals surface area contributed by atoms with E-state index in [4.69, 9.17) is 0 Å². The Kier molecular flexibility index (Phi) is 5.39. The average molecular weight is 411 g/mol. The van der Waals surface area contributed by atoms with Crippen LogP contribution in [0, 0.1) is 0 Å². The van der Waals surface area contributed by atoms with Crippen LogP contribution in [-0.4, -0.2) is 68.0 Å². The van der Waals surface area contributed by atoms with Crippen molar-refractivity contribution in [1.29, 1.82) is 0 Å². The van der Waals surface area contributed by atoms with Gasteiger partial charge in [-0.25, -0.2) is 9.67 Å². The summed E-state index contributed by atoms with van der Waals surface area (Å²) in [5, 5.41) is 4.63. The first-order valence-corrected chi connectivity index (χ1v) is 11.5. The molecule has 7 nitrogen and oxygen atoms in total. The lowest BCUT2D eigenvalue weighted by Gasteiger charge is -2.34. The molecule has 1 fully saturated rings. The van der Waals surface area contributed by atoms with Crippen LogP contribution in [-0.2, 0) is 25.3 Å². The first-order chi connectivity index (χ1) is 14.2. The monoisotopic (exact) mass is 410 g/mol. The van der Waals surface area contributed by atoms with Crippen molar-refractivity contribution in [2.45, 2.75) is 25.3 Å². The van der Waals surface area contributed by atoms with E-state index < -0.39 is 0 Å². The molecule has 2 aliphatic heterocycles. The molecule has 0 radical (unpaired) electrons. The van der Waals surface area contributed by atoms with E-state index in [0.29, 0.717) is 6.54 Å². The molecule has 152 valence electrons. The Morgan fingerprint density at radius 1 is 1.07 bits per heavy atom. The Labute approximate surface area is 174 Å². The normalized spacial score (nSPS) is 18.2. The van der Waals surface area contributed by atoms with E-state index in [1.807, 2.05) is 30.0 Å². The fourth-order valence-corrected chi connectivity index (χ4v) is 5.06. The highest BCUT2D eigenvalue weighted by Gasteiger charge is 2.19. The summed E-state index contributed by atoms with van der Waals surface area (Å²) >= 11 is 1.88. The third-order valence-corrected chi connectivity index (χ3v) is 6.82. The third-order valence-electron chi connectivity index (χ3n) is 5.81. The fraction of sp³-hybridized carbons (Fsp3) is 0.476. The van der Waals surface area contributed by atoms with Crippen LogP contribution < -0.4 is 5.56 Å². The molecule has 0 aliphatic carbocycles. The van der Waals surface area contributed by atoms with Crippen LogP contribution in [0.1, 0.15) is 17.1 Å². The number of para-hydroxylation sites is 2. The molecule has 29 heavy (non-hydrogen) atoms. The van der Waals surface area contributed by atoms with E-state index in [-0.39, 0.29) is 5.56 Å². The molecule has 8 heteroatoms. The number of benzene rings is 1. The number of aromatic nitrogens is 4. The lowest BCUT2D eigenvalue weighted by atomic mass is 10.2. The zero-order chi connectivity index (χ0) is 19.6. The number of hydrogen-bond acceptors (Lipinski definition) is 6. The van der Waals surface area contributed by atoms with Crippen molar-refractivity contribution in [2.24, 2.45) is 0 Å². The summed E-state index contributed by atoms with van der Waals surface area (Å²) in [6.07, 6.45) is 0.973. The quantitative estimate of drug-likeness (QED) is 0.691. The molecule has 1 saturated heterocycles. The number of fused-ring (bicyclic) bond motifs is 2. The highest BCUT2D eigenvalue weighted by atomic mass is 32.2.